The van der Waals surface area contributed by atoms with Gasteiger partial charge in [0, 0.05) is 0 Å². The van der Waals surface area contributed by atoms with Gasteiger partial charge in [0.15, 0.2) is 0 Å². The summed E-state index contributed by atoms with van der Waals surface area (Å²) in [5.41, 5.74) is 0. The van der Waals surface area contributed by atoms with E-state index >= 15 is 0 Å². The van der Waals surface area contributed by atoms with Crippen molar-refractivity contribution in [3.63, 3.8) is 0 Å². The van der Waals surface area contributed by atoms with E-state index in [1.54, 1.807) is 12.2 Å². The minimum absolute atomic E-state index is 0.170. The lowest BCUT2D eigenvalue weighted by molar-refractivity contribution is 0.541. The molecule has 0 saturated carbocycles. The number of carbonyl (C=O) groups excluding carboxylic acids is 2. The summed E-state index contributed by atoms with van der Waals surface area (Å²) in [5, 5.41) is 0. The Morgan fingerprint density at radius 3 is 1.52 bits per heavy atom. The van der Waals surface area contributed by atoms with Crippen LogP contribution in [0.15, 0.2) is 9.98 Å². The van der Waals surface area contributed by atoms with Gasteiger partial charge in [0.25, 0.3) is 0 Å². The maximum absolute atomic E-state index is 9.86. The van der Waals surface area contributed by atoms with Crippen molar-refractivity contribution in [2.75, 3.05) is 6.54 Å². The standard InChI is InChI=1S/C13H25NO.C10H19NO/c1-2-3-4-5-6-7-8-9-10-11-12-14-13-15;1-3-4-5-6-7-8-10(2)11-9-12/h2-12H2,1H3;10H,3-8H2,1-2H3. The van der Waals surface area contributed by atoms with Gasteiger partial charge in [0.05, 0.1) is 12.6 Å². The highest BCUT2D eigenvalue weighted by Gasteiger charge is 1.97. The van der Waals surface area contributed by atoms with Crippen molar-refractivity contribution in [2.24, 2.45) is 9.98 Å². The van der Waals surface area contributed by atoms with Crippen LogP contribution in [0.3, 0.4) is 0 Å². The molecule has 0 fully saturated rings. The average molecular weight is 381 g/mol. The van der Waals surface area contributed by atoms with Crippen molar-refractivity contribution < 1.29 is 9.59 Å². The minimum Gasteiger partial charge on any atom is -0.211 e. The second-order valence-electron chi connectivity index (χ2n) is 7.43. The molecule has 158 valence electrons. The first-order valence-corrected chi connectivity index (χ1v) is 11.3. The molecule has 0 heterocycles. The Labute approximate surface area is 168 Å². The molecule has 0 amide bonds. The van der Waals surface area contributed by atoms with Crippen LogP contribution in [0.2, 0.25) is 0 Å². The van der Waals surface area contributed by atoms with Gasteiger partial charge < -0.3 is 0 Å². The number of isocyanates is 2. The predicted molar refractivity (Wildman–Crippen MR) is 116 cm³/mol. The van der Waals surface area contributed by atoms with E-state index in [2.05, 4.69) is 23.8 Å². The van der Waals surface area contributed by atoms with Gasteiger partial charge in [0.1, 0.15) is 0 Å². The first-order chi connectivity index (χ1) is 13.2. The second-order valence-corrected chi connectivity index (χ2v) is 7.43. The zero-order valence-corrected chi connectivity index (χ0v) is 18.3. The van der Waals surface area contributed by atoms with Crippen molar-refractivity contribution in [2.45, 2.75) is 130 Å². The summed E-state index contributed by atoms with van der Waals surface area (Å²) >= 11 is 0. The molecule has 0 radical (unpaired) electrons. The van der Waals surface area contributed by atoms with Gasteiger partial charge in [-0.1, -0.05) is 104 Å². The Morgan fingerprint density at radius 2 is 1.07 bits per heavy atom. The maximum atomic E-state index is 9.86. The molecule has 0 aliphatic rings. The molecule has 0 rings (SSSR count). The van der Waals surface area contributed by atoms with Crippen LogP contribution < -0.4 is 0 Å². The lowest BCUT2D eigenvalue weighted by atomic mass is 10.1. The van der Waals surface area contributed by atoms with Crippen molar-refractivity contribution >= 4 is 12.2 Å². The van der Waals surface area contributed by atoms with E-state index in [9.17, 15) is 9.59 Å². The third-order valence-corrected chi connectivity index (χ3v) is 4.69. The fourth-order valence-electron chi connectivity index (χ4n) is 2.92. The number of nitrogens with zero attached hydrogens (tertiary/aromatic N) is 2. The van der Waals surface area contributed by atoms with Crippen LogP contribution >= 0.6 is 0 Å². The highest BCUT2D eigenvalue weighted by Crippen LogP contribution is 2.10. The van der Waals surface area contributed by atoms with Gasteiger partial charge in [0.2, 0.25) is 12.2 Å². The third-order valence-electron chi connectivity index (χ3n) is 4.69. The first-order valence-electron chi connectivity index (χ1n) is 11.3. The van der Waals surface area contributed by atoms with Gasteiger partial charge in [-0.25, -0.2) is 19.6 Å². The monoisotopic (exact) mass is 380 g/mol. The van der Waals surface area contributed by atoms with Gasteiger partial charge in [-0.15, -0.1) is 0 Å². The molecule has 0 bridgehead atoms. The van der Waals surface area contributed by atoms with Crippen LogP contribution in [-0.2, 0) is 9.59 Å². The molecule has 0 N–H and O–H groups in total. The number of hydrogen-bond acceptors (Lipinski definition) is 4. The number of hydrogen-bond donors (Lipinski definition) is 0. The number of unbranched alkanes of at least 4 members (excludes halogenated alkanes) is 13. The van der Waals surface area contributed by atoms with E-state index in [0.717, 1.165) is 12.8 Å². The van der Waals surface area contributed by atoms with Crippen LogP contribution in [0.4, 0.5) is 0 Å². The van der Waals surface area contributed by atoms with Crippen molar-refractivity contribution in [1.29, 1.82) is 0 Å². The zero-order chi connectivity index (χ0) is 20.4. The van der Waals surface area contributed by atoms with Gasteiger partial charge in [-0.3, -0.25) is 0 Å². The van der Waals surface area contributed by atoms with E-state index in [4.69, 9.17) is 0 Å². The lowest BCUT2D eigenvalue weighted by Crippen LogP contribution is -1.96. The van der Waals surface area contributed by atoms with Gasteiger partial charge >= 0.3 is 0 Å². The summed E-state index contributed by atoms with van der Waals surface area (Å²) in [6, 6.07) is 0.170. The summed E-state index contributed by atoms with van der Waals surface area (Å²) in [6.07, 6.45) is 23.8. The molecule has 0 aromatic heterocycles. The molecule has 0 aliphatic carbocycles. The van der Waals surface area contributed by atoms with Crippen LogP contribution in [0.1, 0.15) is 124 Å². The van der Waals surface area contributed by atoms with Crippen LogP contribution in [0.25, 0.3) is 0 Å². The Hall–Kier alpha value is -1.24. The molecule has 4 heteroatoms. The maximum Gasteiger partial charge on any atom is 0.235 e. The smallest absolute Gasteiger partial charge is 0.211 e. The predicted octanol–water partition coefficient (Wildman–Crippen LogP) is 7.31. The Kier molecular flexibility index (Phi) is 28.0. The Morgan fingerprint density at radius 1 is 0.630 bits per heavy atom. The van der Waals surface area contributed by atoms with E-state index in [1.165, 1.54) is 89.9 Å². The van der Waals surface area contributed by atoms with E-state index in [1.807, 2.05) is 6.92 Å². The minimum atomic E-state index is 0.170. The van der Waals surface area contributed by atoms with Gasteiger partial charge in [-0.2, -0.15) is 0 Å². The molecule has 0 saturated heterocycles. The molecule has 0 aliphatic heterocycles. The third kappa shape index (κ3) is 29.8. The Bertz CT molecular complexity index is 373. The fourth-order valence-corrected chi connectivity index (χ4v) is 2.92. The second kappa shape index (κ2) is 27.0. The molecular weight excluding hydrogens is 336 g/mol. The molecule has 27 heavy (non-hydrogen) atoms. The number of aliphatic imine (C=N–C) groups is 2. The molecule has 0 spiro atoms. The van der Waals surface area contributed by atoms with Crippen LogP contribution in [0, 0.1) is 0 Å². The van der Waals surface area contributed by atoms with E-state index in [-0.39, 0.29) is 6.04 Å². The quantitative estimate of drug-likeness (QED) is 0.142. The average Bonchev–Trinajstić information content (AvgIpc) is 2.67. The normalized spacial score (nSPS) is 10.9. The molecule has 4 nitrogen and oxygen atoms in total. The van der Waals surface area contributed by atoms with Crippen LogP contribution in [0.5, 0.6) is 0 Å². The zero-order valence-electron chi connectivity index (χ0n) is 18.3. The first kappa shape index (κ1) is 28.0. The highest BCUT2D eigenvalue weighted by molar-refractivity contribution is 5.33. The molecular formula is C23H44N2O2. The largest absolute Gasteiger partial charge is 0.235 e. The summed E-state index contributed by atoms with van der Waals surface area (Å²) in [7, 11) is 0. The fraction of sp³-hybridized carbons (Fsp3) is 0.913. The molecule has 1 unspecified atom stereocenters. The number of rotatable bonds is 18. The van der Waals surface area contributed by atoms with Crippen molar-refractivity contribution in [1.82, 2.24) is 0 Å². The highest BCUT2D eigenvalue weighted by atomic mass is 16.1. The summed E-state index contributed by atoms with van der Waals surface area (Å²) in [6.45, 7) is 7.09. The summed E-state index contributed by atoms with van der Waals surface area (Å²) in [4.78, 5) is 26.8. The summed E-state index contributed by atoms with van der Waals surface area (Å²) in [5.74, 6) is 0. The molecule has 0 aromatic carbocycles. The van der Waals surface area contributed by atoms with Crippen molar-refractivity contribution in [3.05, 3.63) is 0 Å². The molecule has 1 atom stereocenters. The SMILES string of the molecule is CCCCCCCC(C)N=C=O.CCCCCCCCCCCCN=C=O. The lowest BCUT2D eigenvalue weighted by Gasteiger charge is -2.02. The van der Waals surface area contributed by atoms with E-state index < -0.39 is 0 Å². The van der Waals surface area contributed by atoms with Gasteiger partial charge in [-0.05, 0) is 19.8 Å². The topological polar surface area (TPSA) is 58.9 Å². The van der Waals surface area contributed by atoms with Crippen LogP contribution in [-0.4, -0.2) is 24.7 Å². The summed E-state index contributed by atoms with van der Waals surface area (Å²) < 4.78 is 0. The van der Waals surface area contributed by atoms with E-state index in [0.29, 0.717) is 6.54 Å². The molecule has 0 aromatic rings. The Balaban J connectivity index is 0. The van der Waals surface area contributed by atoms with Crippen molar-refractivity contribution in [3.8, 4) is 0 Å².